The smallest absolute Gasteiger partial charge is 0.253 e. The van der Waals surface area contributed by atoms with Crippen LogP contribution < -0.4 is 0 Å². The number of rotatable bonds is 1. The fraction of sp³-hybridized carbons (Fsp3) is 0.500. The number of benzene rings is 1. The van der Waals surface area contributed by atoms with Gasteiger partial charge in [0.2, 0.25) is 5.91 Å². The third-order valence-electron chi connectivity index (χ3n) is 4.40. The quantitative estimate of drug-likeness (QED) is 0.782. The maximum Gasteiger partial charge on any atom is 0.253 e. The molecule has 0 radical (unpaired) electrons. The average Bonchev–Trinajstić information content (AvgIpc) is 2.66. The lowest BCUT2D eigenvalue weighted by molar-refractivity contribution is -0.133. The monoisotopic (exact) mass is 306 g/mol. The Kier molecular flexibility index (Phi) is 4.11. The number of amides is 2. The van der Waals surface area contributed by atoms with Gasteiger partial charge in [0.05, 0.1) is 6.10 Å². The van der Waals surface area contributed by atoms with E-state index in [1.165, 1.54) is 24.3 Å². The van der Waals surface area contributed by atoms with Gasteiger partial charge < -0.3 is 14.5 Å². The van der Waals surface area contributed by atoms with E-state index < -0.39 is 0 Å². The van der Waals surface area contributed by atoms with Gasteiger partial charge in [0.15, 0.2) is 0 Å². The Morgan fingerprint density at radius 3 is 2.73 bits per heavy atom. The molecule has 2 aliphatic heterocycles. The summed E-state index contributed by atoms with van der Waals surface area (Å²) >= 11 is 0. The Morgan fingerprint density at radius 2 is 2.00 bits per heavy atom. The predicted molar refractivity (Wildman–Crippen MR) is 77.8 cm³/mol. The molecule has 22 heavy (non-hydrogen) atoms. The first-order valence-corrected chi connectivity index (χ1v) is 7.45. The highest BCUT2D eigenvalue weighted by Gasteiger charge is 2.36. The van der Waals surface area contributed by atoms with E-state index in [0.29, 0.717) is 25.2 Å². The van der Waals surface area contributed by atoms with Crippen LogP contribution in [0.25, 0.3) is 0 Å². The number of hydrogen-bond acceptors (Lipinski definition) is 3. The summed E-state index contributed by atoms with van der Waals surface area (Å²) in [5.74, 6) is -0.357. The summed E-state index contributed by atoms with van der Waals surface area (Å²) in [5.41, 5.74) is 0.485. The molecule has 118 valence electrons. The lowest BCUT2D eigenvalue weighted by Crippen LogP contribution is -2.48. The molecule has 0 aromatic heterocycles. The lowest BCUT2D eigenvalue weighted by Gasteiger charge is -2.37. The van der Waals surface area contributed by atoms with Crippen LogP contribution in [0.2, 0.25) is 0 Å². The molecule has 2 fully saturated rings. The highest BCUT2D eigenvalue weighted by atomic mass is 19.1. The Bertz CT molecular complexity index is 575. The van der Waals surface area contributed by atoms with Crippen molar-refractivity contribution in [1.82, 2.24) is 9.80 Å². The van der Waals surface area contributed by atoms with Gasteiger partial charge in [0.25, 0.3) is 5.91 Å². The molecule has 0 aliphatic carbocycles. The molecule has 2 amide bonds. The number of hydrogen-bond donors (Lipinski definition) is 0. The molecule has 1 aromatic carbocycles. The van der Waals surface area contributed by atoms with Gasteiger partial charge in [-0.3, -0.25) is 9.59 Å². The Hall–Kier alpha value is -1.95. The maximum absolute atomic E-state index is 13.0. The maximum atomic E-state index is 13.0. The second-order valence-corrected chi connectivity index (χ2v) is 5.93. The van der Waals surface area contributed by atoms with Crippen LogP contribution in [0, 0.1) is 11.7 Å². The number of ether oxygens (including phenoxy) is 1. The van der Waals surface area contributed by atoms with Gasteiger partial charge in [-0.25, -0.2) is 4.39 Å². The summed E-state index contributed by atoms with van der Waals surface area (Å²) in [4.78, 5) is 27.6. The summed E-state index contributed by atoms with van der Waals surface area (Å²) in [6, 6.07) is 5.59. The van der Waals surface area contributed by atoms with Gasteiger partial charge in [-0.05, 0) is 30.7 Å². The number of likely N-dealkylation sites (N-methyl/N-ethyl adjacent to an activating group) is 1. The molecule has 2 aliphatic rings. The van der Waals surface area contributed by atoms with E-state index in [1.54, 1.807) is 16.8 Å². The highest BCUT2D eigenvalue weighted by molar-refractivity contribution is 5.94. The molecule has 0 N–H and O–H groups in total. The van der Waals surface area contributed by atoms with E-state index in [4.69, 9.17) is 4.74 Å². The average molecular weight is 306 g/mol. The molecule has 3 rings (SSSR count). The topological polar surface area (TPSA) is 49.9 Å². The molecule has 1 aromatic rings. The summed E-state index contributed by atoms with van der Waals surface area (Å²) < 4.78 is 18.6. The normalized spacial score (nSPS) is 25.6. The fourth-order valence-corrected chi connectivity index (χ4v) is 3.11. The van der Waals surface area contributed by atoms with Gasteiger partial charge in [0, 0.05) is 38.2 Å². The van der Waals surface area contributed by atoms with Crippen molar-refractivity contribution in [3.05, 3.63) is 35.6 Å². The highest BCUT2D eigenvalue weighted by Crippen LogP contribution is 2.24. The van der Waals surface area contributed by atoms with Gasteiger partial charge in [-0.15, -0.1) is 0 Å². The van der Waals surface area contributed by atoms with Crippen LogP contribution in [0.15, 0.2) is 24.3 Å². The number of piperidine rings is 1. The molecule has 6 heteroatoms. The first-order valence-electron chi connectivity index (χ1n) is 7.45. The summed E-state index contributed by atoms with van der Waals surface area (Å²) in [6.45, 7) is 1.86. The van der Waals surface area contributed by atoms with Crippen molar-refractivity contribution in [3.8, 4) is 0 Å². The van der Waals surface area contributed by atoms with E-state index in [-0.39, 0.29) is 36.3 Å². The Morgan fingerprint density at radius 1 is 1.27 bits per heavy atom. The van der Waals surface area contributed by atoms with Crippen molar-refractivity contribution in [2.75, 3.05) is 33.3 Å². The van der Waals surface area contributed by atoms with Crippen molar-refractivity contribution in [2.45, 2.75) is 12.5 Å². The number of carbonyl (C=O) groups is 2. The van der Waals surface area contributed by atoms with Crippen molar-refractivity contribution < 1.29 is 18.7 Å². The zero-order valence-corrected chi connectivity index (χ0v) is 12.5. The number of fused-ring (bicyclic) bond motifs is 1. The van der Waals surface area contributed by atoms with Crippen molar-refractivity contribution >= 4 is 11.8 Å². The number of likely N-dealkylation sites (tertiary alicyclic amines) is 1. The van der Waals surface area contributed by atoms with Crippen LogP contribution >= 0.6 is 0 Å². The summed E-state index contributed by atoms with van der Waals surface area (Å²) in [5, 5.41) is 0. The van der Waals surface area contributed by atoms with Crippen molar-refractivity contribution in [2.24, 2.45) is 5.92 Å². The zero-order chi connectivity index (χ0) is 15.7. The Labute approximate surface area is 128 Å². The molecule has 2 saturated heterocycles. The molecular formula is C16H19FN2O3. The summed E-state index contributed by atoms with van der Waals surface area (Å²) in [7, 11) is 1.76. The van der Waals surface area contributed by atoms with E-state index in [1.807, 2.05) is 0 Å². The Balaban J connectivity index is 1.71. The van der Waals surface area contributed by atoms with Crippen molar-refractivity contribution in [3.63, 3.8) is 0 Å². The fourth-order valence-electron chi connectivity index (χ4n) is 3.11. The van der Waals surface area contributed by atoms with Crippen LogP contribution in [-0.4, -0.2) is 61.0 Å². The first-order chi connectivity index (χ1) is 10.5. The molecule has 5 nitrogen and oxygen atoms in total. The number of carbonyl (C=O) groups excluding carboxylic acids is 2. The molecule has 0 spiro atoms. The van der Waals surface area contributed by atoms with Gasteiger partial charge >= 0.3 is 0 Å². The first kappa shape index (κ1) is 15.0. The van der Waals surface area contributed by atoms with Crippen LogP contribution in [0.1, 0.15) is 16.8 Å². The second kappa shape index (κ2) is 6.04. The minimum Gasteiger partial charge on any atom is -0.368 e. The van der Waals surface area contributed by atoms with E-state index in [2.05, 4.69) is 0 Å². The van der Waals surface area contributed by atoms with E-state index in [0.717, 1.165) is 6.42 Å². The molecule has 2 heterocycles. The molecule has 2 atom stereocenters. The minimum atomic E-state index is -0.354. The molecule has 0 saturated carbocycles. The van der Waals surface area contributed by atoms with Crippen LogP contribution in [0.4, 0.5) is 4.39 Å². The predicted octanol–water partition coefficient (Wildman–Crippen LogP) is 1.15. The lowest BCUT2D eigenvalue weighted by atomic mass is 9.93. The van der Waals surface area contributed by atoms with Crippen LogP contribution in [0.3, 0.4) is 0 Å². The molecular weight excluding hydrogens is 287 g/mol. The number of halogens is 1. The van der Waals surface area contributed by atoms with Gasteiger partial charge in [-0.2, -0.15) is 0 Å². The number of nitrogens with zero attached hydrogens (tertiary/aromatic N) is 2. The van der Waals surface area contributed by atoms with E-state index >= 15 is 0 Å². The third-order valence-corrected chi connectivity index (χ3v) is 4.40. The van der Waals surface area contributed by atoms with Gasteiger partial charge in [0.1, 0.15) is 12.4 Å². The molecule has 0 unspecified atom stereocenters. The molecule has 0 bridgehead atoms. The van der Waals surface area contributed by atoms with Crippen LogP contribution in [-0.2, 0) is 9.53 Å². The zero-order valence-electron chi connectivity index (χ0n) is 12.5. The summed E-state index contributed by atoms with van der Waals surface area (Å²) in [6.07, 6.45) is 0.741. The minimum absolute atomic E-state index is 0.0196. The van der Waals surface area contributed by atoms with Gasteiger partial charge in [-0.1, -0.05) is 0 Å². The van der Waals surface area contributed by atoms with Crippen LogP contribution in [0.5, 0.6) is 0 Å². The second-order valence-electron chi connectivity index (χ2n) is 5.93. The largest absolute Gasteiger partial charge is 0.368 e. The SMILES string of the molecule is CN1C[C@H]2CN(C(=O)c3ccc(F)cc3)CC[C@@H]2OCC1=O. The van der Waals surface area contributed by atoms with Crippen molar-refractivity contribution in [1.29, 1.82) is 0 Å². The third kappa shape index (κ3) is 2.97. The standard InChI is InChI=1S/C16H19FN2O3/c1-18-8-12-9-19(7-6-14(12)22-10-15(18)20)16(21)11-2-4-13(17)5-3-11/h2-5,12,14H,6-10H2,1H3/t12-,14-/m0/s1. The van der Waals surface area contributed by atoms with E-state index in [9.17, 15) is 14.0 Å².